The van der Waals surface area contributed by atoms with Crippen LogP contribution in [-0.4, -0.2) is 0 Å². The Morgan fingerprint density at radius 3 is 1.68 bits per heavy atom. The fourth-order valence-corrected chi connectivity index (χ4v) is 2.14. The fraction of sp³-hybridized carbons (Fsp3) is 0.200. The van der Waals surface area contributed by atoms with Crippen molar-refractivity contribution in [3.05, 3.63) is 70.0 Å². The van der Waals surface area contributed by atoms with Crippen LogP contribution in [0.15, 0.2) is 30.3 Å². The van der Waals surface area contributed by atoms with Gasteiger partial charge in [-0.1, -0.05) is 29.3 Å². The average Bonchev–Trinajstić information content (AvgIpc) is 2.33. The van der Waals surface area contributed by atoms with E-state index in [1.807, 2.05) is 32.0 Å². The van der Waals surface area contributed by atoms with Crippen molar-refractivity contribution in [3.8, 4) is 0 Å². The first kappa shape index (κ1) is 13.6. The largest absolute Gasteiger partial charge is 0.320 e. The zero-order valence-electron chi connectivity index (χ0n) is 10.7. The second-order valence-electron chi connectivity index (χ2n) is 4.70. The van der Waals surface area contributed by atoms with E-state index in [0.717, 1.165) is 28.8 Å². The normalized spacial score (nSPS) is 12.5. The molecule has 2 N–H and O–H groups in total. The molecule has 100 valence electrons. The van der Waals surface area contributed by atoms with Crippen LogP contribution in [0, 0.1) is 31.3 Å². The molecule has 2 aromatic carbocycles. The van der Waals surface area contributed by atoms with Gasteiger partial charge in [-0.2, -0.15) is 0 Å². The van der Waals surface area contributed by atoms with Gasteiger partial charge in [-0.15, -0.1) is 0 Å². The molecule has 0 bridgehead atoms. The maximum absolute atomic E-state index is 13.2. The Morgan fingerprint density at radius 2 is 1.21 bits per heavy atom. The molecule has 0 spiro atoms. The van der Waals surface area contributed by atoms with Crippen LogP contribution >= 0.6 is 0 Å². The van der Waals surface area contributed by atoms with Crippen LogP contribution < -0.4 is 5.73 Å². The van der Waals surface area contributed by atoms with E-state index in [2.05, 4.69) is 0 Å². The molecule has 0 aromatic heterocycles. The third kappa shape index (κ3) is 2.79. The topological polar surface area (TPSA) is 26.0 Å². The summed E-state index contributed by atoms with van der Waals surface area (Å²) in [5.74, 6) is -3.93. The predicted octanol–water partition coefficient (Wildman–Crippen LogP) is 3.77. The lowest BCUT2D eigenvalue weighted by atomic mass is 9.96. The summed E-state index contributed by atoms with van der Waals surface area (Å²) in [5, 5.41) is 0. The second kappa shape index (κ2) is 5.05. The van der Waals surface area contributed by atoms with E-state index in [9.17, 15) is 13.2 Å². The first-order valence-electron chi connectivity index (χ1n) is 5.86. The minimum Gasteiger partial charge on any atom is -0.320 e. The molecule has 1 nitrogen and oxygen atoms in total. The molecule has 0 aliphatic heterocycles. The SMILES string of the molecule is Cc1cc(C)cc(C(N)c2cc(F)c(F)c(F)c2)c1. The predicted molar refractivity (Wildman–Crippen MR) is 68.3 cm³/mol. The lowest BCUT2D eigenvalue weighted by molar-refractivity contribution is 0.444. The first-order valence-corrected chi connectivity index (χ1v) is 5.86. The highest BCUT2D eigenvalue weighted by Gasteiger charge is 2.16. The second-order valence-corrected chi connectivity index (χ2v) is 4.70. The molecule has 0 fully saturated rings. The van der Waals surface area contributed by atoms with Gasteiger partial charge < -0.3 is 5.73 Å². The molecule has 1 unspecified atom stereocenters. The molecule has 4 heteroatoms. The molecule has 19 heavy (non-hydrogen) atoms. The Kier molecular flexibility index (Phi) is 3.62. The van der Waals surface area contributed by atoms with Crippen LogP contribution in [0.5, 0.6) is 0 Å². The third-order valence-corrected chi connectivity index (χ3v) is 2.97. The van der Waals surface area contributed by atoms with Gasteiger partial charge in [0.05, 0.1) is 6.04 Å². The number of nitrogens with two attached hydrogens (primary N) is 1. The van der Waals surface area contributed by atoms with Gasteiger partial charge in [-0.05, 0) is 37.1 Å². The van der Waals surface area contributed by atoms with Gasteiger partial charge in [0.2, 0.25) is 0 Å². The van der Waals surface area contributed by atoms with E-state index >= 15 is 0 Å². The van der Waals surface area contributed by atoms with Gasteiger partial charge in [0.1, 0.15) is 0 Å². The Balaban J connectivity index is 2.46. The van der Waals surface area contributed by atoms with Crippen LogP contribution in [0.2, 0.25) is 0 Å². The quantitative estimate of drug-likeness (QED) is 0.822. The Bertz CT molecular complexity index is 580. The molecule has 0 saturated carbocycles. The van der Waals surface area contributed by atoms with E-state index in [-0.39, 0.29) is 5.56 Å². The maximum Gasteiger partial charge on any atom is 0.194 e. The molecule has 0 amide bonds. The number of benzene rings is 2. The number of hydrogen-bond donors (Lipinski definition) is 1. The summed E-state index contributed by atoms with van der Waals surface area (Å²) in [5.41, 5.74) is 8.95. The van der Waals surface area contributed by atoms with Crippen molar-refractivity contribution < 1.29 is 13.2 Å². The minimum atomic E-state index is -1.48. The third-order valence-electron chi connectivity index (χ3n) is 2.97. The van der Waals surface area contributed by atoms with E-state index in [1.165, 1.54) is 0 Å². The summed E-state index contributed by atoms with van der Waals surface area (Å²) in [7, 11) is 0. The zero-order valence-corrected chi connectivity index (χ0v) is 10.7. The molecule has 2 aromatic rings. The van der Waals surface area contributed by atoms with Crippen molar-refractivity contribution >= 4 is 0 Å². The highest BCUT2D eigenvalue weighted by atomic mass is 19.2. The standard InChI is InChI=1S/C15H14F3N/c1-8-3-9(2)5-10(4-8)15(19)11-6-12(16)14(18)13(17)7-11/h3-7,15H,19H2,1-2H3. The van der Waals surface area contributed by atoms with Gasteiger partial charge in [0, 0.05) is 0 Å². The van der Waals surface area contributed by atoms with Crippen LogP contribution in [-0.2, 0) is 0 Å². The Morgan fingerprint density at radius 1 is 0.789 bits per heavy atom. The Labute approximate surface area is 109 Å². The van der Waals surface area contributed by atoms with Crippen molar-refractivity contribution in [2.45, 2.75) is 19.9 Å². The highest BCUT2D eigenvalue weighted by molar-refractivity contribution is 5.37. The van der Waals surface area contributed by atoms with Crippen molar-refractivity contribution in [2.24, 2.45) is 5.73 Å². The average molecular weight is 265 g/mol. The lowest BCUT2D eigenvalue weighted by Gasteiger charge is -2.15. The van der Waals surface area contributed by atoms with E-state index in [4.69, 9.17) is 5.73 Å². The molecule has 0 aliphatic rings. The zero-order chi connectivity index (χ0) is 14.2. The van der Waals surface area contributed by atoms with Gasteiger partial charge in [-0.3, -0.25) is 0 Å². The molecule has 0 aliphatic carbocycles. The van der Waals surface area contributed by atoms with Crippen LogP contribution in [0.3, 0.4) is 0 Å². The van der Waals surface area contributed by atoms with E-state index in [0.29, 0.717) is 0 Å². The van der Waals surface area contributed by atoms with Crippen molar-refractivity contribution in [2.75, 3.05) is 0 Å². The fourth-order valence-electron chi connectivity index (χ4n) is 2.14. The monoisotopic (exact) mass is 265 g/mol. The summed E-state index contributed by atoms with van der Waals surface area (Å²) < 4.78 is 39.3. The Hall–Kier alpha value is -1.81. The van der Waals surface area contributed by atoms with Crippen LogP contribution in [0.25, 0.3) is 0 Å². The molecule has 1 atom stereocenters. The van der Waals surface area contributed by atoms with E-state index < -0.39 is 23.5 Å². The number of aryl methyl sites for hydroxylation is 2. The molecule has 0 saturated heterocycles. The summed E-state index contributed by atoms with van der Waals surface area (Å²) in [6.07, 6.45) is 0. The van der Waals surface area contributed by atoms with Gasteiger partial charge >= 0.3 is 0 Å². The molecular weight excluding hydrogens is 251 g/mol. The number of halogens is 3. The molecule has 0 heterocycles. The number of rotatable bonds is 2. The van der Waals surface area contributed by atoms with Gasteiger partial charge in [0.15, 0.2) is 17.5 Å². The van der Waals surface area contributed by atoms with Crippen molar-refractivity contribution in [1.82, 2.24) is 0 Å². The van der Waals surface area contributed by atoms with Crippen LogP contribution in [0.1, 0.15) is 28.3 Å². The van der Waals surface area contributed by atoms with Gasteiger partial charge in [-0.25, -0.2) is 13.2 Å². The summed E-state index contributed by atoms with van der Waals surface area (Å²) >= 11 is 0. The van der Waals surface area contributed by atoms with Crippen molar-refractivity contribution in [1.29, 1.82) is 0 Å². The van der Waals surface area contributed by atoms with Crippen molar-refractivity contribution in [3.63, 3.8) is 0 Å². The smallest absolute Gasteiger partial charge is 0.194 e. The summed E-state index contributed by atoms with van der Waals surface area (Å²) in [4.78, 5) is 0. The minimum absolute atomic E-state index is 0.210. The molecular formula is C15H14F3N. The molecule has 2 rings (SSSR count). The molecule has 0 radical (unpaired) electrons. The summed E-state index contributed by atoms with van der Waals surface area (Å²) in [6.45, 7) is 3.82. The van der Waals surface area contributed by atoms with Gasteiger partial charge in [0.25, 0.3) is 0 Å². The summed E-state index contributed by atoms with van der Waals surface area (Å²) in [6, 6.07) is 6.83. The number of hydrogen-bond acceptors (Lipinski definition) is 1. The van der Waals surface area contributed by atoms with E-state index in [1.54, 1.807) is 0 Å². The maximum atomic E-state index is 13.2. The lowest BCUT2D eigenvalue weighted by Crippen LogP contribution is -2.13. The van der Waals surface area contributed by atoms with Crippen LogP contribution in [0.4, 0.5) is 13.2 Å². The highest BCUT2D eigenvalue weighted by Crippen LogP contribution is 2.24. The first-order chi connectivity index (χ1) is 8.88.